The lowest BCUT2D eigenvalue weighted by Gasteiger charge is -2.19. The van der Waals surface area contributed by atoms with Gasteiger partial charge in [-0.3, -0.25) is 4.79 Å². The summed E-state index contributed by atoms with van der Waals surface area (Å²) in [6.45, 7) is 0.603. The van der Waals surface area contributed by atoms with Gasteiger partial charge in [0.05, 0.1) is 5.25 Å². The molecule has 1 aromatic carbocycles. The number of fused-ring (bicyclic) bond motifs is 1. The number of hydrogen-bond acceptors (Lipinski definition) is 5. The average molecular weight is 289 g/mol. The van der Waals surface area contributed by atoms with Crippen LogP contribution in [-0.4, -0.2) is 39.8 Å². The van der Waals surface area contributed by atoms with Crippen LogP contribution in [0.1, 0.15) is 11.4 Å². The van der Waals surface area contributed by atoms with Gasteiger partial charge < -0.3 is 9.42 Å². The first-order valence-electron chi connectivity index (χ1n) is 6.49. The Morgan fingerprint density at radius 1 is 1.50 bits per heavy atom. The number of thioether (sulfide) groups is 1. The third kappa shape index (κ3) is 2.70. The highest BCUT2D eigenvalue weighted by Crippen LogP contribution is 2.37. The zero-order valence-electron chi connectivity index (χ0n) is 11.2. The predicted octanol–water partition coefficient (Wildman–Crippen LogP) is 1.79. The largest absolute Gasteiger partial charge is 0.344 e. The number of carbonyl (C=O) groups is 1. The van der Waals surface area contributed by atoms with Gasteiger partial charge >= 0.3 is 0 Å². The maximum atomic E-state index is 12.4. The molecule has 0 unspecified atom stereocenters. The number of rotatable bonds is 4. The van der Waals surface area contributed by atoms with Crippen molar-refractivity contribution in [2.75, 3.05) is 13.6 Å². The second kappa shape index (κ2) is 5.66. The molecule has 0 saturated carbocycles. The minimum absolute atomic E-state index is 0.0114. The molecule has 20 heavy (non-hydrogen) atoms. The van der Waals surface area contributed by atoms with E-state index in [0.29, 0.717) is 18.8 Å². The summed E-state index contributed by atoms with van der Waals surface area (Å²) in [5.74, 6) is 0.793. The smallest absolute Gasteiger partial charge is 0.236 e. The molecule has 1 aromatic heterocycles. The Kier molecular flexibility index (Phi) is 3.73. The highest BCUT2D eigenvalue weighted by molar-refractivity contribution is 8.01. The van der Waals surface area contributed by atoms with Crippen LogP contribution < -0.4 is 0 Å². The summed E-state index contributed by atoms with van der Waals surface area (Å²) in [4.78, 5) is 19.3. The molecule has 104 valence electrons. The van der Waals surface area contributed by atoms with E-state index in [-0.39, 0.29) is 11.2 Å². The summed E-state index contributed by atoms with van der Waals surface area (Å²) < 4.78 is 4.68. The highest BCUT2D eigenvalue weighted by Gasteiger charge is 2.29. The summed E-state index contributed by atoms with van der Waals surface area (Å²) in [5, 5.41) is 3.74. The van der Waals surface area contributed by atoms with Crippen molar-refractivity contribution in [1.29, 1.82) is 0 Å². The molecule has 1 aliphatic rings. The normalized spacial score (nSPS) is 16.9. The van der Waals surface area contributed by atoms with E-state index in [1.165, 1.54) is 16.9 Å². The molecule has 1 aliphatic heterocycles. The fourth-order valence-corrected chi connectivity index (χ4v) is 3.56. The minimum atomic E-state index is -0.0114. The van der Waals surface area contributed by atoms with Crippen LogP contribution in [0, 0.1) is 0 Å². The number of hydrogen-bond donors (Lipinski definition) is 0. The number of nitrogens with zero attached hydrogens (tertiary/aromatic N) is 3. The van der Waals surface area contributed by atoms with Crippen LogP contribution in [0.4, 0.5) is 0 Å². The van der Waals surface area contributed by atoms with Gasteiger partial charge in [-0.05, 0) is 18.1 Å². The van der Waals surface area contributed by atoms with Gasteiger partial charge in [0.25, 0.3) is 0 Å². The quantitative estimate of drug-likeness (QED) is 0.859. The first kappa shape index (κ1) is 13.2. The van der Waals surface area contributed by atoms with Gasteiger partial charge in [0.1, 0.15) is 0 Å². The Hall–Kier alpha value is -1.82. The van der Waals surface area contributed by atoms with E-state index in [0.717, 1.165) is 6.42 Å². The molecule has 6 heteroatoms. The van der Waals surface area contributed by atoms with E-state index in [9.17, 15) is 4.79 Å². The Morgan fingerprint density at radius 3 is 3.10 bits per heavy atom. The first-order valence-corrected chi connectivity index (χ1v) is 7.37. The maximum Gasteiger partial charge on any atom is 0.236 e. The SMILES string of the molecule is CN(CCc1ncon1)C(=O)[C@@H]1Cc2ccccc2S1. The Bertz CT molecular complexity index is 575. The van der Waals surface area contributed by atoms with Crippen molar-refractivity contribution in [3.05, 3.63) is 42.0 Å². The van der Waals surface area contributed by atoms with Gasteiger partial charge in [-0.2, -0.15) is 4.98 Å². The van der Waals surface area contributed by atoms with Gasteiger partial charge in [-0.15, -0.1) is 11.8 Å². The molecule has 0 bridgehead atoms. The second-order valence-corrected chi connectivity index (χ2v) is 6.02. The van der Waals surface area contributed by atoms with Gasteiger partial charge in [0, 0.05) is 24.9 Å². The van der Waals surface area contributed by atoms with Gasteiger partial charge in [0.2, 0.25) is 12.3 Å². The van der Waals surface area contributed by atoms with Gasteiger partial charge in [-0.1, -0.05) is 23.4 Å². The molecule has 2 heterocycles. The Balaban J connectivity index is 1.57. The van der Waals surface area contributed by atoms with Crippen LogP contribution in [0.3, 0.4) is 0 Å². The molecule has 0 radical (unpaired) electrons. The van der Waals surface area contributed by atoms with E-state index in [1.807, 2.05) is 19.2 Å². The monoisotopic (exact) mass is 289 g/mol. The fraction of sp³-hybridized carbons (Fsp3) is 0.357. The molecule has 0 spiro atoms. The van der Waals surface area contributed by atoms with Crippen molar-refractivity contribution >= 4 is 17.7 Å². The number of likely N-dealkylation sites (N-methyl/N-ethyl adjacent to an activating group) is 1. The maximum absolute atomic E-state index is 12.4. The zero-order valence-corrected chi connectivity index (χ0v) is 12.0. The molecule has 1 amide bonds. The number of aromatic nitrogens is 2. The Morgan fingerprint density at radius 2 is 2.35 bits per heavy atom. The molecular formula is C14H15N3O2S. The summed E-state index contributed by atoms with van der Waals surface area (Å²) in [6.07, 6.45) is 2.73. The molecular weight excluding hydrogens is 274 g/mol. The van der Waals surface area contributed by atoms with Crippen molar-refractivity contribution < 1.29 is 9.32 Å². The van der Waals surface area contributed by atoms with Gasteiger partial charge in [0.15, 0.2) is 5.82 Å². The van der Waals surface area contributed by atoms with Crippen molar-refractivity contribution in [3.8, 4) is 0 Å². The summed E-state index contributed by atoms with van der Waals surface area (Å²) >= 11 is 1.65. The third-order valence-corrected chi connectivity index (χ3v) is 4.68. The van der Waals surface area contributed by atoms with Crippen LogP contribution in [0.15, 0.2) is 40.1 Å². The summed E-state index contributed by atoms with van der Waals surface area (Å²) in [7, 11) is 1.83. The number of amides is 1. The average Bonchev–Trinajstić information content (AvgIpc) is 3.12. The lowest BCUT2D eigenvalue weighted by atomic mass is 10.1. The third-order valence-electron chi connectivity index (χ3n) is 3.38. The lowest BCUT2D eigenvalue weighted by Crippen LogP contribution is -2.36. The molecule has 3 rings (SSSR count). The van der Waals surface area contributed by atoms with Gasteiger partial charge in [-0.25, -0.2) is 0 Å². The molecule has 0 aliphatic carbocycles. The van der Waals surface area contributed by atoms with E-state index in [2.05, 4.69) is 26.8 Å². The molecule has 0 N–H and O–H groups in total. The van der Waals surface area contributed by atoms with Crippen LogP contribution in [0.25, 0.3) is 0 Å². The van der Waals surface area contributed by atoms with E-state index in [1.54, 1.807) is 16.7 Å². The fourth-order valence-electron chi connectivity index (χ4n) is 2.25. The van der Waals surface area contributed by atoms with Crippen molar-refractivity contribution in [3.63, 3.8) is 0 Å². The lowest BCUT2D eigenvalue weighted by molar-refractivity contribution is -0.129. The van der Waals surface area contributed by atoms with Crippen molar-refractivity contribution in [2.24, 2.45) is 0 Å². The van der Waals surface area contributed by atoms with Crippen LogP contribution in [-0.2, 0) is 17.6 Å². The Labute approximate surface area is 121 Å². The molecule has 0 fully saturated rings. The molecule has 0 saturated heterocycles. The van der Waals surface area contributed by atoms with Crippen molar-refractivity contribution in [1.82, 2.24) is 15.0 Å². The predicted molar refractivity (Wildman–Crippen MR) is 75.4 cm³/mol. The number of carbonyl (C=O) groups excluding carboxylic acids is 1. The second-order valence-electron chi connectivity index (χ2n) is 4.78. The highest BCUT2D eigenvalue weighted by atomic mass is 32.2. The minimum Gasteiger partial charge on any atom is -0.344 e. The summed E-state index contributed by atoms with van der Waals surface area (Å²) in [5.41, 5.74) is 1.27. The first-order chi connectivity index (χ1) is 9.74. The topological polar surface area (TPSA) is 59.2 Å². The van der Waals surface area contributed by atoms with E-state index in [4.69, 9.17) is 0 Å². The molecule has 1 atom stereocenters. The summed E-state index contributed by atoms with van der Waals surface area (Å²) in [6, 6.07) is 8.20. The number of benzene rings is 1. The van der Waals surface area contributed by atoms with E-state index < -0.39 is 0 Å². The molecule has 5 nitrogen and oxygen atoms in total. The van der Waals surface area contributed by atoms with Crippen LogP contribution in [0.5, 0.6) is 0 Å². The van der Waals surface area contributed by atoms with Crippen LogP contribution >= 0.6 is 11.8 Å². The molecule has 2 aromatic rings. The van der Waals surface area contributed by atoms with Crippen molar-refractivity contribution in [2.45, 2.75) is 23.0 Å². The van der Waals surface area contributed by atoms with E-state index >= 15 is 0 Å². The van der Waals surface area contributed by atoms with Crippen LogP contribution in [0.2, 0.25) is 0 Å². The standard InChI is InChI=1S/C14H15N3O2S/c1-17(7-6-13-15-9-19-16-13)14(18)12-8-10-4-2-3-5-11(10)20-12/h2-5,9,12H,6-8H2,1H3/t12-/m0/s1. The zero-order chi connectivity index (χ0) is 13.9.